The molecule has 0 radical (unpaired) electrons. The Morgan fingerprint density at radius 1 is 1.09 bits per heavy atom. The molecule has 0 bridgehead atoms. The maximum Gasteiger partial charge on any atom is 0.416 e. The largest absolute Gasteiger partial charge is 0.416 e. The van der Waals surface area contributed by atoms with E-state index in [1.54, 1.807) is 6.07 Å². The molecule has 0 saturated carbocycles. The molecular formula is C24H34F3N5. The van der Waals surface area contributed by atoms with Crippen molar-refractivity contribution in [1.82, 2.24) is 19.6 Å². The Labute approximate surface area is 188 Å². The second kappa shape index (κ2) is 9.83. The van der Waals surface area contributed by atoms with E-state index in [1.165, 1.54) is 36.2 Å². The summed E-state index contributed by atoms with van der Waals surface area (Å²) in [4.78, 5) is 7.15. The first-order valence-corrected chi connectivity index (χ1v) is 11.7. The predicted molar refractivity (Wildman–Crippen MR) is 121 cm³/mol. The van der Waals surface area contributed by atoms with Gasteiger partial charge >= 0.3 is 6.18 Å². The average molecular weight is 450 g/mol. The van der Waals surface area contributed by atoms with Crippen LogP contribution in [0.3, 0.4) is 0 Å². The maximum absolute atomic E-state index is 13.1. The molecule has 2 aliphatic heterocycles. The van der Waals surface area contributed by atoms with Gasteiger partial charge in [-0.15, -0.1) is 0 Å². The number of rotatable bonds is 6. The van der Waals surface area contributed by atoms with Gasteiger partial charge in [0.25, 0.3) is 0 Å². The number of piperazine rings is 1. The molecule has 3 heterocycles. The van der Waals surface area contributed by atoms with Gasteiger partial charge < -0.3 is 4.90 Å². The molecule has 1 atom stereocenters. The number of aromatic nitrogens is 2. The van der Waals surface area contributed by atoms with Gasteiger partial charge in [-0.25, -0.2) is 0 Å². The molecule has 8 heteroatoms. The summed E-state index contributed by atoms with van der Waals surface area (Å²) in [6.07, 6.45) is 1.17. The van der Waals surface area contributed by atoms with Gasteiger partial charge in [-0.3, -0.25) is 14.5 Å². The molecule has 2 fully saturated rings. The van der Waals surface area contributed by atoms with Crippen LogP contribution in [0.1, 0.15) is 43.0 Å². The van der Waals surface area contributed by atoms with Crippen LogP contribution in [0.4, 0.5) is 18.9 Å². The minimum absolute atomic E-state index is 0.512. The molecular weight excluding hydrogens is 415 g/mol. The zero-order valence-electron chi connectivity index (χ0n) is 19.1. The van der Waals surface area contributed by atoms with E-state index in [4.69, 9.17) is 0 Å². The first kappa shape index (κ1) is 23.1. The number of anilines is 1. The van der Waals surface area contributed by atoms with Gasteiger partial charge in [0.2, 0.25) is 0 Å². The molecule has 2 aromatic rings. The Kier molecular flexibility index (Phi) is 7.10. The Bertz CT molecular complexity index is 886. The number of hydrogen-bond donors (Lipinski definition) is 0. The topological polar surface area (TPSA) is 27.5 Å². The van der Waals surface area contributed by atoms with E-state index in [9.17, 15) is 13.2 Å². The fourth-order valence-corrected chi connectivity index (χ4v) is 5.02. The van der Waals surface area contributed by atoms with Gasteiger partial charge in [0.15, 0.2) is 0 Å². The number of likely N-dealkylation sites (tertiary alicyclic amines) is 1. The van der Waals surface area contributed by atoms with Crippen molar-refractivity contribution in [1.29, 1.82) is 0 Å². The molecule has 0 unspecified atom stereocenters. The lowest BCUT2D eigenvalue weighted by molar-refractivity contribution is -0.137. The van der Waals surface area contributed by atoms with E-state index in [0.29, 0.717) is 11.7 Å². The summed E-state index contributed by atoms with van der Waals surface area (Å²) in [7, 11) is 0. The summed E-state index contributed by atoms with van der Waals surface area (Å²) in [5, 5.41) is 4.54. The van der Waals surface area contributed by atoms with E-state index in [-0.39, 0.29) is 0 Å². The zero-order valence-corrected chi connectivity index (χ0v) is 19.1. The van der Waals surface area contributed by atoms with Crippen molar-refractivity contribution in [2.24, 2.45) is 0 Å². The van der Waals surface area contributed by atoms with E-state index >= 15 is 0 Å². The van der Waals surface area contributed by atoms with Crippen LogP contribution in [-0.2, 0) is 19.3 Å². The number of hydrogen-bond acceptors (Lipinski definition) is 4. The number of alkyl halides is 3. The Balaban J connectivity index is 1.32. The van der Waals surface area contributed by atoms with Crippen molar-refractivity contribution in [2.45, 2.75) is 58.4 Å². The monoisotopic (exact) mass is 449 g/mol. The summed E-state index contributed by atoms with van der Waals surface area (Å²) in [5.41, 5.74) is 2.68. The zero-order chi connectivity index (χ0) is 22.7. The second-order valence-electron chi connectivity index (χ2n) is 9.08. The van der Waals surface area contributed by atoms with Crippen molar-refractivity contribution in [3.8, 4) is 0 Å². The molecule has 1 aromatic heterocycles. The quantitative estimate of drug-likeness (QED) is 0.653. The summed E-state index contributed by atoms with van der Waals surface area (Å²) in [6.45, 7) is 11.7. The number of benzene rings is 1. The van der Waals surface area contributed by atoms with Crippen molar-refractivity contribution in [3.05, 3.63) is 47.3 Å². The summed E-state index contributed by atoms with van der Waals surface area (Å²) < 4.78 is 41.3. The molecule has 5 nitrogen and oxygen atoms in total. The number of piperidine rings is 1. The van der Waals surface area contributed by atoms with Crippen LogP contribution in [0.15, 0.2) is 30.5 Å². The van der Waals surface area contributed by atoms with E-state index in [1.807, 2.05) is 6.20 Å². The van der Waals surface area contributed by atoms with E-state index in [0.717, 1.165) is 64.8 Å². The van der Waals surface area contributed by atoms with Gasteiger partial charge in [-0.05, 0) is 50.9 Å². The second-order valence-corrected chi connectivity index (χ2v) is 9.08. The van der Waals surface area contributed by atoms with E-state index < -0.39 is 11.7 Å². The molecule has 176 valence electrons. The highest BCUT2D eigenvalue weighted by molar-refractivity contribution is 5.49. The molecule has 2 aliphatic rings. The number of halogens is 3. The van der Waals surface area contributed by atoms with Crippen molar-refractivity contribution >= 4 is 5.69 Å². The Morgan fingerprint density at radius 2 is 1.88 bits per heavy atom. The highest BCUT2D eigenvalue weighted by Crippen LogP contribution is 2.32. The van der Waals surface area contributed by atoms with Crippen molar-refractivity contribution in [3.63, 3.8) is 0 Å². The van der Waals surface area contributed by atoms with Crippen LogP contribution >= 0.6 is 0 Å². The lowest BCUT2D eigenvalue weighted by Gasteiger charge is -2.44. The summed E-state index contributed by atoms with van der Waals surface area (Å²) in [6, 6.07) is 6.23. The fraction of sp³-hybridized carbons (Fsp3) is 0.625. The molecule has 0 spiro atoms. The van der Waals surface area contributed by atoms with Gasteiger partial charge in [0, 0.05) is 68.8 Å². The molecule has 2 saturated heterocycles. The SMILES string of the molecule is CCCn1ncc(CN2CCC[C@H](N3CCN(c4cccc(C(F)(F)F)c4)CC3)C2)c1C. The number of aryl methyl sites for hydroxylation is 1. The molecule has 0 aliphatic carbocycles. The molecule has 1 aromatic carbocycles. The minimum atomic E-state index is -4.30. The van der Waals surface area contributed by atoms with E-state index in [2.05, 4.69) is 38.3 Å². The first-order valence-electron chi connectivity index (χ1n) is 11.7. The lowest BCUT2D eigenvalue weighted by Crippen LogP contribution is -2.55. The smallest absolute Gasteiger partial charge is 0.369 e. The van der Waals surface area contributed by atoms with Crippen LogP contribution in [0.25, 0.3) is 0 Å². The molecule has 4 rings (SSSR count). The van der Waals surface area contributed by atoms with Crippen molar-refractivity contribution < 1.29 is 13.2 Å². The maximum atomic E-state index is 13.1. The molecule has 32 heavy (non-hydrogen) atoms. The summed E-state index contributed by atoms with van der Waals surface area (Å²) in [5.74, 6) is 0. The van der Waals surface area contributed by atoms with Crippen LogP contribution in [-0.4, -0.2) is 64.9 Å². The van der Waals surface area contributed by atoms with Crippen LogP contribution < -0.4 is 4.90 Å². The van der Waals surface area contributed by atoms with Gasteiger partial charge in [-0.2, -0.15) is 18.3 Å². The average Bonchev–Trinajstić information content (AvgIpc) is 3.13. The lowest BCUT2D eigenvalue weighted by atomic mass is 10.0. The van der Waals surface area contributed by atoms with Gasteiger partial charge in [0.1, 0.15) is 0 Å². The third kappa shape index (κ3) is 5.29. The first-order chi connectivity index (χ1) is 15.3. The normalized spacial score (nSPS) is 21.3. The molecule has 0 N–H and O–H groups in total. The predicted octanol–water partition coefficient (Wildman–Crippen LogP) is 4.41. The highest BCUT2D eigenvalue weighted by Gasteiger charge is 2.32. The fourth-order valence-electron chi connectivity index (χ4n) is 5.02. The molecule has 0 amide bonds. The van der Waals surface area contributed by atoms with Crippen LogP contribution in [0.2, 0.25) is 0 Å². The Morgan fingerprint density at radius 3 is 2.59 bits per heavy atom. The Hall–Kier alpha value is -2.06. The van der Waals surface area contributed by atoms with Crippen LogP contribution in [0, 0.1) is 6.92 Å². The summed E-state index contributed by atoms with van der Waals surface area (Å²) >= 11 is 0. The third-order valence-electron chi connectivity index (χ3n) is 6.88. The number of nitrogens with zero attached hydrogens (tertiary/aromatic N) is 5. The van der Waals surface area contributed by atoms with Crippen LogP contribution in [0.5, 0.6) is 0 Å². The third-order valence-corrected chi connectivity index (χ3v) is 6.88. The van der Waals surface area contributed by atoms with Gasteiger partial charge in [-0.1, -0.05) is 13.0 Å². The standard InChI is InChI=1S/C24H34F3N5/c1-3-9-32-19(2)20(16-28-32)17-29-10-5-8-23(18-29)31-13-11-30(12-14-31)22-7-4-6-21(15-22)24(25,26)27/h4,6-7,15-16,23H,3,5,8-14,17-18H2,1-2H3/t23-/m0/s1. The van der Waals surface area contributed by atoms with Gasteiger partial charge in [0.05, 0.1) is 11.8 Å². The minimum Gasteiger partial charge on any atom is -0.369 e. The van der Waals surface area contributed by atoms with Crippen molar-refractivity contribution in [2.75, 3.05) is 44.2 Å². The highest BCUT2D eigenvalue weighted by atomic mass is 19.4.